The lowest BCUT2D eigenvalue weighted by Crippen LogP contribution is -2.35. The molecule has 1 fully saturated rings. The summed E-state index contributed by atoms with van der Waals surface area (Å²) in [5.74, 6) is 0.135. The fourth-order valence-corrected chi connectivity index (χ4v) is 2.75. The zero-order chi connectivity index (χ0) is 13.0. The molecule has 17 heavy (non-hydrogen) atoms. The van der Waals surface area contributed by atoms with Gasteiger partial charge in [-0.25, -0.2) is 0 Å². The van der Waals surface area contributed by atoms with Gasteiger partial charge < -0.3 is 9.84 Å². The lowest BCUT2D eigenvalue weighted by Gasteiger charge is -2.29. The number of rotatable bonds is 4. The van der Waals surface area contributed by atoms with Gasteiger partial charge in [0, 0.05) is 0 Å². The molecule has 0 amide bonds. The molecule has 1 rings (SSSR count). The number of hydrogen-bond acceptors (Lipinski definition) is 3. The van der Waals surface area contributed by atoms with Crippen LogP contribution in [0.15, 0.2) is 0 Å². The summed E-state index contributed by atoms with van der Waals surface area (Å²) in [6, 6.07) is 0. The average molecular weight is 242 g/mol. The van der Waals surface area contributed by atoms with Crippen LogP contribution in [0.5, 0.6) is 0 Å². The Labute approximate surface area is 105 Å². The van der Waals surface area contributed by atoms with E-state index in [2.05, 4.69) is 6.92 Å². The van der Waals surface area contributed by atoms with Crippen molar-refractivity contribution in [2.24, 2.45) is 17.8 Å². The summed E-state index contributed by atoms with van der Waals surface area (Å²) >= 11 is 0. The summed E-state index contributed by atoms with van der Waals surface area (Å²) < 4.78 is 5.55. The van der Waals surface area contributed by atoms with Crippen molar-refractivity contribution in [2.75, 3.05) is 0 Å². The van der Waals surface area contributed by atoms with Gasteiger partial charge in [0.2, 0.25) is 0 Å². The van der Waals surface area contributed by atoms with Gasteiger partial charge in [0.1, 0.15) is 6.10 Å². The number of aliphatic hydroxyl groups excluding tert-OH is 1. The van der Waals surface area contributed by atoms with Gasteiger partial charge in [0.25, 0.3) is 0 Å². The zero-order valence-electron chi connectivity index (χ0n) is 11.5. The summed E-state index contributed by atoms with van der Waals surface area (Å²) in [5, 5.41) is 9.63. The summed E-state index contributed by atoms with van der Waals surface area (Å²) in [4.78, 5) is 12.0. The molecule has 0 spiro atoms. The lowest BCUT2D eigenvalue weighted by atomic mass is 9.88. The maximum absolute atomic E-state index is 12.0. The van der Waals surface area contributed by atoms with Crippen molar-refractivity contribution in [2.45, 2.75) is 65.6 Å². The van der Waals surface area contributed by atoms with Crippen molar-refractivity contribution in [1.29, 1.82) is 0 Å². The van der Waals surface area contributed by atoms with E-state index in [9.17, 15) is 9.90 Å². The highest BCUT2D eigenvalue weighted by Gasteiger charge is 2.31. The first-order valence-electron chi connectivity index (χ1n) is 6.80. The van der Waals surface area contributed by atoms with Crippen molar-refractivity contribution in [3.05, 3.63) is 0 Å². The molecule has 0 aromatic rings. The van der Waals surface area contributed by atoms with Gasteiger partial charge in [-0.2, -0.15) is 0 Å². The molecule has 0 radical (unpaired) electrons. The Morgan fingerprint density at radius 2 is 1.94 bits per heavy atom. The Kier molecular flexibility index (Phi) is 5.44. The quantitative estimate of drug-likeness (QED) is 0.771. The minimum absolute atomic E-state index is 0.0613. The molecule has 3 heteroatoms. The van der Waals surface area contributed by atoms with Crippen LogP contribution in [0.2, 0.25) is 0 Å². The molecule has 0 aliphatic heterocycles. The number of carbonyl (C=O) groups is 1. The number of hydrogen-bond donors (Lipinski definition) is 1. The van der Waals surface area contributed by atoms with E-state index in [1.807, 2.05) is 13.8 Å². The summed E-state index contributed by atoms with van der Waals surface area (Å²) in [5.41, 5.74) is 0. The molecule has 100 valence electrons. The van der Waals surface area contributed by atoms with Crippen molar-refractivity contribution in [3.8, 4) is 0 Å². The summed E-state index contributed by atoms with van der Waals surface area (Å²) in [6.07, 6.45) is 3.74. The number of esters is 1. The predicted octanol–water partition coefficient (Wildman–Crippen LogP) is 2.76. The van der Waals surface area contributed by atoms with Crippen LogP contribution in [0.3, 0.4) is 0 Å². The van der Waals surface area contributed by atoms with E-state index >= 15 is 0 Å². The zero-order valence-corrected chi connectivity index (χ0v) is 11.5. The first-order valence-corrected chi connectivity index (χ1v) is 6.80. The van der Waals surface area contributed by atoms with Crippen LogP contribution in [0.1, 0.15) is 53.4 Å². The molecule has 0 aromatic carbocycles. The Morgan fingerprint density at radius 1 is 1.29 bits per heavy atom. The van der Waals surface area contributed by atoms with Crippen LogP contribution in [0.25, 0.3) is 0 Å². The Bertz CT molecular complexity index is 240. The molecule has 4 unspecified atom stereocenters. The van der Waals surface area contributed by atoms with Gasteiger partial charge in [0.15, 0.2) is 0 Å². The first kappa shape index (κ1) is 14.5. The fourth-order valence-electron chi connectivity index (χ4n) is 2.75. The van der Waals surface area contributed by atoms with Crippen LogP contribution in [0, 0.1) is 17.8 Å². The van der Waals surface area contributed by atoms with Crippen LogP contribution in [-0.4, -0.2) is 23.3 Å². The molecule has 1 aliphatic carbocycles. The topological polar surface area (TPSA) is 46.5 Å². The molecule has 0 heterocycles. The second kappa shape index (κ2) is 6.39. The van der Waals surface area contributed by atoms with E-state index in [4.69, 9.17) is 4.74 Å². The molecule has 0 bridgehead atoms. The minimum Gasteiger partial charge on any atom is -0.462 e. The van der Waals surface area contributed by atoms with Gasteiger partial charge in [0.05, 0.1) is 12.0 Å². The molecule has 4 atom stereocenters. The predicted molar refractivity (Wildman–Crippen MR) is 67.5 cm³/mol. The summed E-state index contributed by atoms with van der Waals surface area (Å²) in [7, 11) is 0. The van der Waals surface area contributed by atoms with E-state index in [-0.39, 0.29) is 18.0 Å². The van der Waals surface area contributed by atoms with E-state index in [0.717, 1.165) is 19.3 Å². The molecular formula is C14H26O3. The molecule has 0 saturated heterocycles. The average Bonchev–Trinajstić information content (AvgIpc) is 2.15. The highest BCUT2D eigenvalue weighted by atomic mass is 16.5. The first-order chi connectivity index (χ1) is 7.91. The normalized spacial score (nSPS) is 28.8. The van der Waals surface area contributed by atoms with Gasteiger partial charge in [-0.3, -0.25) is 4.79 Å². The van der Waals surface area contributed by atoms with Crippen molar-refractivity contribution in [3.63, 3.8) is 0 Å². The number of ether oxygens (including phenoxy) is 1. The SMILES string of the molecule is CC1CCCC(OC(=O)C(C(C)C)C(C)O)C1. The smallest absolute Gasteiger partial charge is 0.312 e. The number of carbonyl (C=O) groups excluding carboxylic acids is 1. The molecular weight excluding hydrogens is 216 g/mol. The molecule has 0 aromatic heterocycles. The van der Waals surface area contributed by atoms with Crippen LogP contribution in [-0.2, 0) is 9.53 Å². The third-order valence-corrected chi connectivity index (χ3v) is 3.68. The van der Waals surface area contributed by atoms with E-state index in [1.54, 1.807) is 6.92 Å². The Hall–Kier alpha value is -0.570. The lowest BCUT2D eigenvalue weighted by molar-refractivity contribution is -0.162. The van der Waals surface area contributed by atoms with Crippen molar-refractivity contribution in [1.82, 2.24) is 0 Å². The molecule has 1 aliphatic rings. The highest BCUT2D eigenvalue weighted by molar-refractivity contribution is 5.73. The van der Waals surface area contributed by atoms with Crippen LogP contribution < -0.4 is 0 Å². The van der Waals surface area contributed by atoms with E-state index < -0.39 is 12.0 Å². The third-order valence-electron chi connectivity index (χ3n) is 3.68. The Morgan fingerprint density at radius 3 is 2.41 bits per heavy atom. The highest BCUT2D eigenvalue weighted by Crippen LogP contribution is 2.27. The monoisotopic (exact) mass is 242 g/mol. The maximum Gasteiger partial charge on any atom is 0.312 e. The standard InChI is InChI=1S/C14H26O3/c1-9(2)13(11(4)15)14(16)17-12-7-5-6-10(3)8-12/h9-13,15H,5-8H2,1-4H3. The van der Waals surface area contributed by atoms with E-state index in [0.29, 0.717) is 5.92 Å². The van der Waals surface area contributed by atoms with Crippen molar-refractivity contribution < 1.29 is 14.6 Å². The van der Waals surface area contributed by atoms with Gasteiger partial charge in [-0.15, -0.1) is 0 Å². The number of aliphatic hydroxyl groups is 1. The van der Waals surface area contributed by atoms with Crippen molar-refractivity contribution >= 4 is 5.97 Å². The summed E-state index contributed by atoms with van der Waals surface area (Å²) in [6.45, 7) is 7.76. The second-order valence-electron chi connectivity index (χ2n) is 5.84. The second-order valence-corrected chi connectivity index (χ2v) is 5.84. The van der Waals surface area contributed by atoms with Gasteiger partial charge in [-0.05, 0) is 38.0 Å². The third kappa shape index (κ3) is 4.30. The maximum atomic E-state index is 12.0. The van der Waals surface area contributed by atoms with E-state index in [1.165, 1.54) is 6.42 Å². The fraction of sp³-hybridized carbons (Fsp3) is 0.929. The minimum atomic E-state index is -0.636. The van der Waals surface area contributed by atoms with Crippen LogP contribution >= 0.6 is 0 Å². The Balaban J connectivity index is 2.51. The van der Waals surface area contributed by atoms with Gasteiger partial charge in [-0.1, -0.05) is 27.2 Å². The molecule has 3 nitrogen and oxygen atoms in total. The largest absolute Gasteiger partial charge is 0.462 e. The van der Waals surface area contributed by atoms with Crippen LogP contribution in [0.4, 0.5) is 0 Å². The molecule has 1 saturated carbocycles. The molecule has 1 N–H and O–H groups in total. The van der Waals surface area contributed by atoms with Gasteiger partial charge >= 0.3 is 5.97 Å².